The van der Waals surface area contributed by atoms with Gasteiger partial charge >= 0.3 is 0 Å². The highest BCUT2D eigenvalue weighted by Crippen LogP contribution is 2.21. The molecule has 2 amide bonds. The number of aromatic nitrogens is 2. The van der Waals surface area contributed by atoms with Crippen molar-refractivity contribution in [2.24, 2.45) is 0 Å². The van der Waals surface area contributed by atoms with Crippen LogP contribution < -0.4 is 10.2 Å². The van der Waals surface area contributed by atoms with Crippen LogP contribution in [0.4, 0.5) is 5.69 Å². The number of nitrogens with zero attached hydrogens (tertiary/aromatic N) is 3. The number of carbonyl (C=O) groups excluding carboxylic acids is 2. The Morgan fingerprint density at radius 2 is 2.14 bits per heavy atom. The fourth-order valence-electron chi connectivity index (χ4n) is 2.49. The van der Waals surface area contributed by atoms with Gasteiger partial charge in [-0.2, -0.15) is 0 Å². The van der Waals surface area contributed by atoms with Crippen molar-refractivity contribution in [3.8, 4) is 0 Å². The molecular formula is C15H16N4O2S. The highest BCUT2D eigenvalue weighted by molar-refractivity contribution is 7.03. The molecule has 1 aliphatic heterocycles. The number of carbonyl (C=O) groups is 2. The molecule has 3 rings (SSSR count). The van der Waals surface area contributed by atoms with Crippen LogP contribution in [0.2, 0.25) is 0 Å². The van der Waals surface area contributed by atoms with Gasteiger partial charge in [-0.1, -0.05) is 22.2 Å². The molecule has 2 heterocycles. The maximum Gasteiger partial charge on any atom is 0.273 e. The highest BCUT2D eigenvalue weighted by Gasteiger charge is 2.31. The third kappa shape index (κ3) is 2.99. The Morgan fingerprint density at radius 3 is 2.82 bits per heavy atom. The van der Waals surface area contributed by atoms with Crippen LogP contribution in [0.1, 0.15) is 28.9 Å². The van der Waals surface area contributed by atoms with Crippen molar-refractivity contribution in [2.45, 2.75) is 25.8 Å². The minimum Gasteiger partial charge on any atom is -0.339 e. The normalized spacial score (nSPS) is 18.3. The number of nitrogens with one attached hydrogen (secondary N) is 1. The van der Waals surface area contributed by atoms with E-state index >= 15 is 0 Å². The zero-order valence-corrected chi connectivity index (χ0v) is 13.0. The van der Waals surface area contributed by atoms with E-state index < -0.39 is 6.04 Å². The first kappa shape index (κ1) is 14.6. The van der Waals surface area contributed by atoms with Gasteiger partial charge in [0.05, 0.1) is 0 Å². The number of anilines is 1. The molecule has 1 N–H and O–H groups in total. The Hall–Kier alpha value is -2.28. The summed E-state index contributed by atoms with van der Waals surface area (Å²) in [5, 5.41) is 8.05. The van der Waals surface area contributed by atoms with Crippen LogP contribution in [0.5, 0.6) is 0 Å². The minimum absolute atomic E-state index is 0.0772. The van der Waals surface area contributed by atoms with Crippen molar-refractivity contribution in [1.29, 1.82) is 0 Å². The van der Waals surface area contributed by atoms with Gasteiger partial charge in [0.15, 0.2) is 5.69 Å². The predicted molar refractivity (Wildman–Crippen MR) is 83.9 cm³/mol. The van der Waals surface area contributed by atoms with Gasteiger partial charge < -0.3 is 10.2 Å². The predicted octanol–water partition coefficient (Wildman–Crippen LogP) is 1.77. The first-order valence-electron chi connectivity index (χ1n) is 7.11. The van der Waals surface area contributed by atoms with Gasteiger partial charge in [-0.3, -0.25) is 9.59 Å². The molecular weight excluding hydrogens is 300 g/mol. The van der Waals surface area contributed by atoms with E-state index in [-0.39, 0.29) is 17.5 Å². The number of aryl methyl sites for hydroxylation is 1. The molecule has 0 aliphatic carbocycles. The second-order valence-corrected chi connectivity index (χ2v) is 5.89. The van der Waals surface area contributed by atoms with Crippen LogP contribution in [-0.4, -0.2) is 34.0 Å². The molecule has 1 aromatic carbocycles. The average Bonchev–Trinajstić information content (AvgIpc) is 3.05. The molecule has 1 atom stereocenters. The van der Waals surface area contributed by atoms with E-state index in [2.05, 4.69) is 14.9 Å². The van der Waals surface area contributed by atoms with Crippen molar-refractivity contribution in [3.05, 3.63) is 40.9 Å². The quantitative estimate of drug-likeness (QED) is 0.936. The summed E-state index contributed by atoms with van der Waals surface area (Å²) < 4.78 is 3.66. The van der Waals surface area contributed by atoms with E-state index in [1.165, 1.54) is 0 Å². The van der Waals surface area contributed by atoms with Gasteiger partial charge in [0, 0.05) is 17.6 Å². The third-order valence-corrected chi connectivity index (χ3v) is 4.19. The molecule has 0 spiro atoms. The minimum atomic E-state index is -0.510. The Morgan fingerprint density at radius 1 is 1.36 bits per heavy atom. The fourth-order valence-corrected chi connectivity index (χ4v) is 2.92. The summed E-state index contributed by atoms with van der Waals surface area (Å²) in [6.07, 6.45) is 1.49. The van der Waals surface area contributed by atoms with Crippen LogP contribution in [0.25, 0.3) is 0 Å². The van der Waals surface area contributed by atoms with E-state index in [1.807, 2.05) is 31.2 Å². The first-order chi connectivity index (χ1) is 10.6. The standard InChI is InChI=1S/C15H16N4O2S/c1-10-4-6-11(7-5-10)19-8-2-3-12(15(19)21)16-14(20)13-9-22-18-17-13/h4-7,9,12H,2-3,8H2,1H3,(H,16,20)/t12-/m1/s1. The lowest BCUT2D eigenvalue weighted by Crippen LogP contribution is -2.52. The van der Waals surface area contributed by atoms with Gasteiger partial charge in [0.2, 0.25) is 5.91 Å². The second kappa shape index (κ2) is 6.23. The summed E-state index contributed by atoms with van der Waals surface area (Å²) in [5.41, 5.74) is 2.27. The van der Waals surface area contributed by atoms with Crippen LogP contribution in [0.3, 0.4) is 0 Å². The monoisotopic (exact) mass is 316 g/mol. The van der Waals surface area contributed by atoms with Crippen molar-refractivity contribution >= 4 is 29.0 Å². The first-order valence-corrected chi connectivity index (χ1v) is 7.95. The number of benzene rings is 1. The van der Waals surface area contributed by atoms with Crippen molar-refractivity contribution in [1.82, 2.24) is 14.9 Å². The summed E-state index contributed by atoms with van der Waals surface area (Å²) >= 11 is 1.11. The lowest BCUT2D eigenvalue weighted by molar-refractivity contribution is -0.121. The molecule has 1 aliphatic rings. The van der Waals surface area contributed by atoms with Gasteiger partial charge in [0.1, 0.15) is 6.04 Å². The lowest BCUT2D eigenvalue weighted by Gasteiger charge is -2.32. The SMILES string of the molecule is Cc1ccc(N2CCC[C@@H](NC(=O)c3csnn3)C2=O)cc1. The molecule has 0 radical (unpaired) electrons. The number of rotatable bonds is 3. The van der Waals surface area contributed by atoms with E-state index in [4.69, 9.17) is 0 Å². The maximum atomic E-state index is 12.6. The largest absolute Gasteiger partial charge is 0.339 e. The molecule has 0 saturated carbocycles. The molecule has 0 bridgehead atoms. The topological polar surface area (TPSA) is 75.2 Å². The Labute approximate surface area is 132 Å². The summed E-state index contributed by atoms with van der Waals surface area (Å²) in [5.74, 6) is -0.426. The van der Waals surface area contributed by atoms with Crippen LogP contribution in [0, 0.1) is 6.92 Å². The maximum absolute atomic E-state index is 12.6. The fraction of sp³-hybridized carbons (Fsp3) is 0.333. The Bertz CT molecular complexity index is 669. The molecule has 1 aromatic heterocycles. The van der Waals surface area contributed by atoms with Crippen molar-refractivity contribution in [3.63, 3.8) is 0 Å². The molecule has 1 saturated heterocycles. The second-order valence-electron chi connectivity index (χ2n) is 5.28. The number of piperidine rings is 1. The van der Waals surface area contributed by atoms with E-state index in [0.29, 0.717) is 13.0 Å². The molecule has 114 valence electrons. The van der Waals surface area contributed by atoms with E-state index in [1.54, 1.807) is 10.3 Å². The summed E-state index contributed by atoms with van der Waals surface area (Å²) in [7, 11) is 0. The van der Waals surface area contributed by atoms with Gasteiger partial charge in [0.25, 0.3) is 5.91 Å². The van der Waals surface area contributed by atoms with Gasteiger partial charge in [-0.25, -0.2) is 0 Å². The lowest BCUT2D eigenvalue weighted by atomic mass is 10.0. The average molecular weight is 316 g/mol. The van der Waals surface area contributed by atoms with Crippen molar-refractivity contribution < 1.29 is 9.59 Å². The van der Waals surface area contributed by atoms with Crippen LogP contribution in [-0.2, 0) is 4.79 Å². The van der Waals surface area contributed by atoms with Crippen LogP contribution >= 0.6 is 11.5 Å². The zero-order chi connectivity index (χ0) is 15.5. The van der Waals surface area contributed by atoms with Gasteiger partial charge in [-0.05, 0) is 43.4 Å². The molecule has 2 aromatic rings. The molecule has 1 fully saturated rings. The number of amides is 2. The molecule has 6 nitrogen and oxygen atoms in total. The summed E-state index contributed by atoms with van der Waals surface area (Å²) in [4.78, 5) is 26.4. The number of hydrogen-bond acceptors (Lipinski definition) is 5. The smallest absolute Gasteiger partial charge is 0.273 e. The molecule has 7 heteroatoms. The Balaban J connectivity index is 1.72. The molecule has 0 unspecified atom stereocenters. The zero-order valence-electron chi connectivity index (χ0n) is 12.2. The Kier molecular flexibility index (Phi) is 4.15. The van der Waals surface area contributed by atoms with E-state index in [9.17, 15) is 9.59 Å². The summed E-state index contributed by atoms with van der Waals surface area (Å²) in [6, 6.07) is 7.31. The summed E-state index contributed by atoms with van der Waals surface area (Å²) in [6.45, 7) is 2.68. The van der Waals surface area contributed by atoms with Crippen molar-refractivity contribution in [2.75, 3.05) is 11.4 Å². The van der Waals surface area contributed by atoms with Gasteiger partial charge in [-0.15, -0.1) is 5.10 Å². The molecule has 22 heavy (non-hydrogen) atoms. The highest BCUT2D eigenvalue weighted by atomic mass is 32.1. The number of hydrogen-bond donors (Lipinski definition) is 1. The van der Waals surface area contributed by atoms with Crippen LogP contribution in [0.15, 0.2) is 29.6 Å². The van der Waals surface area contributed by atoms with E-state index in [0.717, 1.165) is 29.2 Å². The third-order valence-electron chi connectivity index (χ3n) is 3.68.